The van der Waals surface area contributed by atoms with Crippen molar-refractivity contribution < 1.29 is 4.79 Å². The van der Waals surface area contributed by atoms with Crippen molar-refractivity contribution in [2.24, 2.45) is 0 Å². The first-order chi connectivity index (χ1) is 17.0. The third kappa shape index (κ3) is 6.76. The van der Waals surface area contributed by atoms with Crippen molar-refractivity contribution in [3.05, 3.63) is 49.4 Å². The summed E-state index contributed by atoms with van der Waals surface area (Å²) in [6.07, 6.45) is 7.30. The van der Waals surface area contributed by atoms with Gasteiger partial charge < -0.3 is 10.6 Å². The number of thiazole rings is 1. The molecule has 0 bridgehead atoms. The van der Waals surface area contributed by atoms with E-state index in [2.05, 4.69) is 33.9 Å². The minimum atomic E-state index is -0.664. The maximum absolute atomic E-state index is 12.9. The standard InChI is InChI=1S/C25H30N6O2S2/c1-3-31-24(33)22(35-25(31)21(15-27)23(32)28-11-10-26)16-29-19-7-4-6-18(14-19)9-13-30-12-5-8-20(30)17-34-2/h4,6-7,14,16,20,29H,3,5,8-9,11-13,17H2,1-2H3,(H,28,32). The second-order valence-electron chi connectivity index (χ2n) is 8.17. The number of aromatic nitrogens is 1. The number of carbonyl (C=O) groups is 1. The van der Waals surface area contributed by atoms with Crippen molar-refractivity contribution in [2.75, 3.05) is 37.0 Å². The molecule has 10 heteroatoms. The van der Waals surface area contributed by atoms with Crippen molar-refractivity contribution in [3.63, 3.8) is 0 Å². The average molecular weight is 511 g/mol. The predicted molar refractivity (Wildman–Crippen MR) is 142 cm³/mol. The highest BCUT2D eigenvalue weighted by Gasteiger charge is 2.23. The SMILES string of the molecule is CCn1c(=C(C#N)C(=O)NCC#N)sc(=CNc2cccc(CCN3CCCC3CSC)c2)c1=O. The van der Waals surface area contributed by atoms with Crippen LogP contribution in [0.25, 0.3) is 11.8 Å². The number of thioether (sulfide) groups is 1. The normalized spacial score (nSPS) is 17.0. The molecule has 184 valence electrons. The molecule has 1 aliphatic heterocycles. The number of likely N-dealkylation sites (tertiary alicyclic amines) is 1. The highest BCUT2D eigenvalue weighted by Crippen LogP contribution is 2.21. The first kappa shape index (κ1) is 26.6. The van der Waals surface area contributed by atoms with E-state index in [0.29, 0.717) is 17.1 Å². The summed E-state index contributed by atoms with van der Waals surface area (Å²) < 4.78 is 2.08. The van der Waals surface area contributed by atoms with Crippen LogP contribution in [0.4, 0.5) is 5.69 Å². The third-order valence-corrected chi connectivity index (χ3v) is 7.80. The van der Waals surface area contributed by atoms with E-state index in [-0.39, 0.29) is 22.3 Å². The molecular formula is C25H30N6O2S2. The van der Waals surface area contributed by atoms with Gasteiger partial charge in [0.1, 0.15) is 21.8 Å². The Morgan fingerprint density at radius 3 is 2.91 bits per heavy atom. The van der Waals surface area contributed by atoms with Crippen molar-refractivity contribution >= 4 is 46.5 Å². The molecule has 1 fully saturated rings. The zero-order valence-corrected chi connectivity index (χ0v) is 21.7. The number of benzene rings is 1. The number of hydrogen-bond donors (Lipinski definition) is 2. The van der Waals surface area contributed by atoms with E-state index in [1.165, 1.54) is 28.7 Å². The van der Waals surface area contributed by atoms with Crippen LogP contribution in [0.15, 0.2) is 29.1 Å². The maximum Gasteiger partial charge on any atom is 0.270 e. The van der Waals surface area contributed by atoms with Gasteiger partial charge in [0, 0.05) is 36.8 Å². The fourth-order valence-corrected chi connectivity index (χ4v) is 6.05. The molecule has 1 aromatic carbocycles. The Balaban J connectivity index is 1.80. The van der Waals surface area contributed by atoms with Crippen LogP contribution >= 0.6 is 23.1 Å². The number of hydrogen-bond acceptors (Lipinski definition) is 8. The highest BCUT2D eigenvalue weighted by molar-refractivity contribution is 7.98. The van der Waals surface area contributed by atoms with Gasteiger partial charge in [-0.1, -0.05) is 12.1 Å². The Kier molecular flexibility index (Phi) is 9.98. The summed E-state index contributed by atoms with van der Waals surface area (Å²) in [5.74, 6) is 0.516. The smallest absolute Gasteiger partial charge is 0.270 e. The molecule has 1 aliphatic rings. The third-order valence-electron chi connectivity index (χ3n) is 5.95. The van der Waals surface area contributed by atoms with Crippen LogP contribution < -0.4 is 25.4 Å². The minimum absolute atomic E-state index is 0.174. The van der Waals surface area contributed by atoms with Gasteiger partial charge in [0.25, 0.3) is 11.5 Å². The van der Waals surface area contributed by atoms with Gasteiger partial charge in [-0.25, -0.2) is 0 Å². The molecule has 1 aromatic heterocycles. The van der Waals surface area contributed by atoms with E-state index in [4.69, 9.17) is 5.26 Å². The van der Waals surface area contributed by atoms with Crippen LogP contribution in [-0.2, 0) is 17.8 Å². The number of nitriles is 2. The van der Waals surface area contributed by atoms with Crippen molar-refractivity contribution in [3.8, 4) is 12.1 Å². The van der Waals surface area contributed by atoms with E-state index in [9.17, 15) is 14.9 Å². The van der Waals surface area contributed by atoms with Gasteiger partial charge in [-0.15, -0.1) is 11.3 Å². The molecule has 2 N–H and O–H groups in total. The summed E-state index contributed by atoms with van der Waals surface area (Å²) in [7, 11) is 0. The van der Waals surface area contributed by atoms with Crippen LogP contribution in [0.5, 0.6) is 0 Å². The summed E-state index contributed by atoms with van der Waals surface area (Å²) in [6.45, 7) is 4.09. The fourth-order valence-electron chi connectivity index (χ4n) is 4.21. The van der Waals surface area contributed by atoms with E-state index in [1.54, 1.807) is 13.1 Å². The Morgan fingerprint density at radius 1 is 1.37 bits per heavy atom. The van der Waals surface area contributed by atoms with Gasteiger partial charge >= 0.3 is 0 Å². The van der Waals surface area contributed by atoms with Crippen LogP contribution in [-0.4, -0.2) is 53.1 Å². The molecule has 2 heterocycles. The number of nitrogens with one attached hydrogen (secondary N) is 2. The highest BCUT2D eigenvalue weighted by atomic mass is 32.2. The quantitative estimate of drug-likeness (QED) is 0.465. The second-order valence-corrected chi connectivity index (χ2v) is 10.1. The molecule has 0 radical (unpaired) electrons. The van der Waals surface area contributed by atoms with Gasteiger partial charge in [-0.2, -0.15) is 22.3 Å². The predicted octanol–water partition coefficient (Wildman–Crippen LogP) is 1.46. The number of carbonyl (C=O) groups excluding carboxylic acids is 1. The Bertz CT molecular complexity index is 1300. The van der Waals surface area contributed by atoms with Crippen molar-refractivity contribution in [1.82, 2.24) is 14.8 Å². The second kappa shape index (κ2) is 13.1. The van der Waals surface area contributed by atoms with E-state index < -0.39 is 5.91 Å². The molecule has 0 saturated carbocycles. The first-order valence-corrected chi connectivity index (χ1v) is 13.8. The molecule has 35 heavy (non-hydrogen) atoms. The zero-order valence-electron chi connectivity index (χ0n) is 20.0. The lowest BCUT2D eigenvalue weighted by Crippen LogP contribution is -2.34. The van der Waals surface area contributed by atoms with Crippen LogP contribution in [0.1, 0.15) is 25.3 Å². The largest absolute Gasteiger partial charge is 0.360 e. The summed E-state index contributed by atoms with van der Waals surface area (Å²) in [4.78, 5) is 27.8. The summed E-state index contributed by atoms with van der Waals surface area (Å²) >= 11 is 2.99. The molecule has 3 rings (SSSR count). The van der Waals surface area contributed by atoms with E-state index >= 15 is 0 Å². The molecule has 1 unspecified atom stereocenters. The monoisotopic (exact) mass is 510 g/mol. The molecule has 1 saturated heterocycles. The lowest BCUT2D eigenvalue weighted by molar-refractivity contribution is -0.115. The van der Waals surface area contributed by atoms with Gasteiger partial charge in [0.15, 0.2) is 5.57 Å². The molecule has 0 aliphatic carbocycles. The average Bonchev–Trinajstić information content (AvgIpc) is 3.44. The van der Waals surface area contributed by atoms with E-state index in [1.807, 2.05) is 36.0 Å². The Hall–Kier alpha value is -3.05. The minimum Gasteiger partial charge on any atom is -0.360 e. The maximum atomic E-state index is 12.9. The van der Waals surface area contributed by atoms with Crippen LogP contribution in [0.3, 0.4) is 0 Å². The van der Waals surface area contributed by atoms with Crippen molar-refractivity contribution in [1.29, 1.82) is 10.5 Å². The summed E-state index contributed by atoms with van der Waals surface area (Å²) in [6, 6.07) is 12.5. The van der Waals surface area contributed by atoms with Gasteiger partial charge in [-0.05, 0) is 56.7 Å². The van der Waals surface area contributed by atoms with Gasteiger partial charge in [0.05, 0.1) is 6.07 Å². The number of rotatable bonds is 10. The molecular weight excluding hydrogens is 480 g/mol. The molecule has 2 aromatic rings. The van der Waals surface area contributed by atoms with Crippen LogP contribution in [0, 0.1) is 22.7 Å². The van der Waals surface area contributed by atoms with Crippen LogP contribution in [0.2, 0.25) is 0 Å². The first-order valence-electron chi connectivity index (χ1n) is 11.6. The molecule has 8 nitrogen and oxygen atoms in total. The number of amides is 1. The fraction of sp³-hybridized carbons (Fsp3) is 0.440. The van der Waals surface area contributed by atoms with Crippen molar-refractivity contribution in [2.45, 2.75) is 38.8 Å². The lowest BCUT2D eigenvalue weighted by atomic mass is 10.1. The number of nitrogens with zero attached hydrogens (tertiary/aromatic N) is 4. The zero-order chi connectivity index (χ0) is 25.2. The van der Waals surface area contributed by atoms with E-state index in [0.717, 1.165) is 36.5 Å². The lowest BCUT2D eigenvalue weighted by Gasteiger charge is -2.23. The Labute approximate surface area is 213 Å². The molecule has 1 atom stereocenters. The van der Waals surface area contributed by atoms with Gasteiger partial charge in [0.2, 0.25) is 0 Å². The number of anilines is 1. The molecule has 0 spiro atoms. The summed E-state index contributed by atoms with van der Waals surface area (Å²) in [5, 5.41) is 23.8. The Morgan fingerprint density at radius 2 is 2.20 bits per heavy atom. The van der Waals surface area contributed by atoms with Gasteiger partial charge in [-0.3, -0.25) is 19.1 Å². The topological polar surface area (TPSA) is 114 Å². The molecule has 1 amide bonds. The summed E-state index contributed by atoms with van der Waals surface area (Å²) in [5.41, 5.74) is 1.65.